The van der Waals surface area contributed by atoms with Crippen molar-refractivity contribution in [2.75, 3.05) is 7.11 Å². The average Bonchev–Trinajstić information content (AvgIpc) is 3.18. The third-order valence-corrected chi connectivity index (χ3v) is 6.01. The Morgan fingerprint density at radius 3 is 2.65 bits per heavy atom. The molecule has 1 atom stereocenters. The van der Waals surface area contributed by atoms with Crippen LogP contribution in [0.3, 0.4) is 0 Å². The van der Waals surface area contributed by atoms with E-state index in [0.29, 0.717) is 44.3 Å². The molecule has 0 spiro atoms. The number of fused-ring (bicyclic) bond motifs is 2. The molecule has 0 aliphatic heterocycles. The molecule has 1 amide bonds. The number of ether oxygens (including phenoxy) is 1. The fraction of sp³-hybridized carbons (Fsp3) is 0.240. The van der Waals surface area contributed by atoms with E-state index < -0.39 is 23.5 Å². The normalized spacial score (nSPS) is 12.1. The Morgan fingerprint density at radius 1 is 1.18 bits per heavy atom. The summed E-state index contributed by atoms with van der Waals surface area (Å²) in [7, 11) is 1.52. The van der Waals surface area contributed by atoms with Crippen LogP contribution in [0.25, 0.3) is 21.9 Å². The van der Waals surface area contributed by atoms with E-state index in [2.05, 4.69) is 10.3 Å². The summed E-state index contributed by atoms with van der Waals surface area (Å²) >= 11 is 0. The predicted octanol–water partition coefficient (Wildman–Crippen LogP) is 1.63. The van der Waals surface area contributed by atoms with Crippen molar-refractivity contribution >= 4 is 33.7 Å². The number of carbonyl (C=O) groups excluding carboxylic acids is 2. The first kappa shape index (κ1) is 22.9. The van der Waals surface area contributed by atoms with Crippen LogP contribution in [0.2, 0.25) is 0 Å². The quantitative estimate of drug-likeness (QED) is 0.353. The van der Waals surface area contributed by atoms with Crippen molar-refractivity contribution < 1.29 is 29.0 Å². The molecule has 2 aromatic heterocycles. The van der Waals surface area contributed by atoms with Gasteiger partial charge in [0.25, 0.3) is 0 Å². The number of aromatic hydroxyl groups is 1. The lowest BCUT2D eigenvalue weighted by atomic mass is 10.0. The van der Waals surface area contributed by atoms with Crippen molar-refractivity contribution in [1.29, 1.82) is 0 Å². The molecule has 0 aliphatic carbocycles. The molecular formula is C25H23N2O7-. The summed E-state index contributed by atoms with van der Waals surface area (Å²) in [4.78, 5) is 40.1. The van der Waals surface area contributed by atoms with Crippen molar-refractivity contribution in [2.24, 2.45) is 0 Å². The van der Waals surface area contributed by atoms with E-state index in [-0.39, 0.29) is 24.2 Å². The molecule has 0 bridgehead atoms. The van der Waals surface area contributed by atoms with Gasteiger partial charge in [0, 0.05) is 34.5 Å². The highest BCUT2D eigenvalue weighted by molar-refractivity contribution is 5.89. The second kappa shape index (κ2) is 8.93. The molecule has 0 fully saturated rings. The zero-order valence-electron chi connectivity index (χ0n) is 18.9. The monoisotopic (exact) mass is 463 g/mol. The number of rotatable bonds is 7. The number of aromatic nitrogens is 1. The Balaban J connectivity index is 1.58. The van der Waals surface area contributed by atoms with Gasteiger partial charge in [-0.15, -0.1) is 0 Å². The number of hydrogen-bond donors (Lipinski definition) is 3. The van der Waals surface area contributed by atoms with Gasteiger partial charge < -0.3 is 34.5 Å². The summed E-state index contributed by atoms with van der Waals surface area (Å²) in [6.45, 7) is 3.48. The van der Waals surface area contributed by atoms with Gasteiger partial charge in [0.05, 0.1) is 31.1 Å². The Kier molecular flexibility index (Phi) is 6.02. The molecule has 0 aliphatic rings. The van der Waals surface area contributed by atoms with Crippen LogP contribution < -0.4 is 20.8 Å². The first-order valence-electron chi connectivity index (χ1n) is 10.6. The van der Waals surface area contributed by atoms with Crippen LogP contribution in [0.15, 0.2) is 45.7 Å². The van der Waals surface area contributed by atoms with Gasteiger partial charge >= 0.3 is 5.63 Å². The van der Waals surface area contributed by atoms with Gasteiger partial charge in [-0.05, 0) is 55.3 Å². The van der Waals surface area contributed by atoms with E-state index in [1.165, 1.54) is 19.2 Å². The number of H-pyrrole nitrogens is 1. The number of nitrogens with one attached hydrogen (secondary N) is 2. The standard InChI is InChI=1S/C25H24N2O7/c1-12-16-5-7-21(33-3)13(2)23(16)34-25(32)17(12)10-22(29)27-20(24(30)31)8-14-11-26-19-6-4-15(28)9-18(14)19/h4-7,9,11,20,26,28H,8,10H2,1-3H3,(H,27,29)(H,30,31)/p-1/t20-/m0/s1. The van der Waals surface area contributed by atoms with Crippen LogP contribution in [0.5, 0.6) is 11.5 Å². The Bertz CT molecular complexity index is 1480. The number of carboxylic acids is 1. The van der Waals surface area contributed by atoms with Crippen LogP contribution >= 0.6 is 0 Å². The maximum atomic E-state index is 12.7. The third kappa shape index (κ3) is 4.19. The van der Waals surface area contributed by atoms with Gasteiger partial charge in [-0.25, -0.2) is 4.79 Å². The number of phenolic OH excluding ortho intramolecular Hbond substituents is 1. The highest BCUT2D eigenvalue weighted by Gasteiger charge is 2.21. The van der Waals surface area contributed by atoms with E-state index in [1.807, 2.05) is 0 Å². The zero-order chi connectivity index (χ0) is 24.6. The molecule has 2 heterocycles. The van der Waals surface area contributed by atoms with Crippen molar-refractivity contribution in [2.45, 2.75) is 32.7 Å². The summed E-state index contributed by atoms with van der Waals surface area (Å²) < 4.78 is 10.7. The highest BCUT2D eigenvalue weighted by Crippen LogP contribution is 2.29. The molecule has 0 unspecified atom stereocenters. The fourth-order valence-electron chi connectivity index (χ4n) is 4.15. The number of carbonyl (C=O) groups is 2. The third-order valence-electron chi connectivity index (χ3n) is 6.01. The minimum absolute atomic E-state index is 0.0359. The number of phenols is 1. The number of aliphatic carboxylic acids is 1. The van der Waals surface area contributed by atoms with Crippen LogP contribution in [-0.2, 0) is 22.4 Å². The first-order chi connectivity index (χ1) is 16.2. The summed E-state index contributed by atoms with van der Waals surface area (Å²) in [5.41, 5.74) is 2.39. The molecule has 3 N–H and O–H groups in total. The minimum Gasteiger partial charge on any atom is -0.548 e. The van der Waals surface area contributed by atoms with E-state index in [1.54, 1.807) is 38.2 Å². The number of methoxy groups -OCH3 is 1. The Morgan fingerprint density at radius 2 is 1.94 bits per heavy atom. The molecule has 176 valence electrons. The number of carboxylic acid groups (broad SMARTS) is 1. The van der Waals surface area contributed by atoms with Gasteiger partial charge in [0.15, 0.2) is 0 Å². The minimum atomic E-state index is -1.46. The van der Waals surface area contributed by atoms with Crippen LogP contribution in [-0.4, -0.2) is 35.1 Å². The smallest absolute Gasteiger partial charge is 0.340 e. The first-order valence-corrected chi connectivity index (χ1v) is 10.6. The average molecular weight is 463 g/mol. The second-order valence-electron chi connectivity index (χ2n) is 8.13. The molecular weight excluding hydrogens is 440 g/mol. The van der Waals surface area contributed by atoms with Gasteiger partial charge in [0.2, 0.25) is 5.91 Å². The molecule has 0 saturated carbocycles. The lowest BCUT2D eigenvalue weighted by molar-refractivity contribution is -0.308. The molecule has 9 heteroatoms. The largest absolute Gasteiger partial charge is 0.548 e. The van der Waals surface area contributed by atoms with Gasteiger partial charge in [-0.3, -0.25) is 4.79 Å². The van der Waals surface area contributed by atoms with Crippen LogP contribution in [0.4, 0.5) is 0 Å². The molecule has 34 heavy (non-hydrogen) atoms. The number of hydrogen-bond acceptors (Lipinski definition) is 7. The molecule has 9 nitrogen and oxygen atoms in total. The van der Waals surface area contributed by atoms with Gasteiger partial charge in [-0.1, -0.05) is 0 Å². The predicted molar refractivity (Wildman–Crippen MR) is 123 cm³/mol. The van der Waals surface area contributed by atoms with Gasteiger partial charge in [0.1, 0.15) is 17.1 Å². The zero-order valence-corrected chi connectivity index (χ0v) is 18.9. The number of aryl methyl sites for hydroxylation is 2. The molecule has 2 aromatic carbocycles. The van der Waals surface area contributed by atoms with Crippen molar-refractivity contribution in [3.63, 3.8) is 0 Å². The SMILES string of the molecule is COc1ccc2c(C)c(CC(=O)N[C@@H](Cc3c[nH]c4ccc(O)cc34)C(=O)[O-])c(=O)oc2c1C. The number of benzene rings is 2. The van der Waals surface area contributed by atoms with E-state index in [9.17, 15) is 24.6 Å². The highest BCUT2D eigenvalue weighted by atomic mass is 16.5. The Hall–Kier alpha value is -4.27. The second-order valence-corrected chi connectivity index (χ2v) is 8.13. The van der Waals surface area contributed by atoms with Crippen LogP contribution in [0.1, 0.15) is 22.3 Å². The summed E-state index contributed by atoms with van der Waals surface area (Å²) in [5, 5.41) is 25.2. The fourth-order valence-corrected chi connectivity index (χ4v) is 4.15. The van der Waals surface area contributed by atoms with E-state index in [0.717, 1.165) is 0 Å². The number of amides is 1. The maximum absolute atomic E-state index is 12.7. The molecule has 4 rings (SSSR count). The summed E-state index contributed by atoms with van der Waals surface area (Å²) in [5.74, 6) is -1.51. The van der Waals surface area contributed by atoms with Crippen molar-refractivity contribution in [3.05, 3.63) is 69.2 Å². The molecule has 0 radical (unpaired) electrons. The lowest BCUT2D eigenvalue weighted by Gasteiger charge is -2.20. The summed E-state index contributed by atoms with van der Waals surface area (Å²) in [6.07, 6.45) is 1.19. The van der Waals surface area contributed by atoms with Crippen LogP contribution in [0, 0.1) is 13.8 Å². The van der Waals surface area contributed by atoms with Crippen molar-refractivity contribution in [1.82, 2.24) is 10.3 Å². The van der Waals surface area contributed by atoms with E-state index in [4.69, 9.17) is 9.15 Å². The number of aromatic amines is 1. The topological polar surface area (TPSA) is 145 Å². The summed E-state index contributed by atoms with van der Waals surface area (Å²) in [6, 6.07) is 6.84. The van der Waals surface area contributed by atoms with E-state index >= 15 is 0 Å². The van der Waals surface area contributed by atoms with Gasteiger partial charge in [-0.2, -0.15) is 0 Å². The lowest BCUT2D eigenvalue weighted by Crippen LogP contribution is -2.49. The molecule has 4 aromatic rings. The molecule has 0 saturated heterocycles. The van der Waals surface area contributed by atoms with Crippen molar-refractivity contribution in [3.8, 4) is 11.5 Å². The Labute approximate surface area is 194 Å². The maximum Gasteiger partial charge on any atom is 0.340 e.